The van der Waals surface area contributed by atoms with Gasteiger partial charge in [-0.05, 0) is 44.0 Å². The number of hydrogen-bond donors (Lipinski definition) is 2. The number of benzene rings is 1. The van der Waals surface area contributed by atoms with E-state index in [9.17, 15) is 9.90 Å². The molecule has 4 heterocycles. The number of nitrogen functional groups attached to an aromatic ring is 1. The quantitative estimate of drug-likeness (QED) is 0.415. The Bertz CT molecular complexity index is 1650. The summed E-state index contributed by atoms with van der Waals surface area (Å²) in [5.74, 6) is 2.35. The van der Waals surface area contributed by atoms with Gasteiger partial charge in [0.25, 0.3) is 5.56 Å². The number of aromatic nitrogens is 5. The second-order valence-corrected chi connectivity index (χ2v) is 9.27. The normalized spacial score (nSPS) is 19.7. The van der Waals surface area contributed by atoms with Crippen molar-refractivity contribution in [2.45, 2.75) is 31.3 Å². The van der Waals surface area contributed by atoms with Crippen molar-refractivity contribution in [2.75, 3.05) is 12.8 Å². The van der Waals surface area contributed by atoms with Gasteiger partial charge in [0.1, 0.15) is 34.4 Å². The van der Waals surface area contributed by atoms with E-state index < -0.39 is 5.60 Å². The maximum absolute atomic E-state index is 13.5. The fourth-order valence-electron chi connectivity index (χ4n) is 5.05. The lowest BCUT2D eigenvalue weighted by atomic mass is 9.72. The van der Waals surface area contributed by atoms with E-state index >= 15 is 0 Å². The zero-order chi connectivity index (χ0) is 24.3. The molecule has 0 amide bonds. The van der Waals surface area contributed by atoms with Gasteiger partial charge >= 0.3 is 0 Å². The summed E-state index contributed by atoms with van der Waals surface area (Å²) < 4.78 is 9.02. The minimum Gasteiger partial charge on any atom is -0.495 e. The van der Waals surface area contributed by atoms with Crippen LogP contribution in [0.4, 0.5) is 5.82 Å². The summed E-state index contributed by atoms with van der Waals surface area (Å²) in [6, 6.07) is 11.0. The average Bonchev–Trinajstić information content (AvgIpc) is 3.24. The van der Waals surface area contributed by atoms with Crippen molar-refractivity contribution in [3.63, 3.8) is 0 Å². The monoisotopic (exact) mass is 468 g/mol. The summed E-state index contributed by atoms with van der Waals surface area (Å²) in [5.41, 5.74) is 7.45. The van der Waals surface area contributed by atoms with E-state index in [0.29, 0.717) is 52.2 Å². The van der Waals surface area contributed by atoms with Gasteiger partial charge < -0.3 is 15.6 Å². The van der Waals surface area contributed by atoms with Crippen molar-refractivity contribution in [3.8, 4) is 22.8 Å². The number of anilines is 1. The summed E-state index contributed by atoms with van der Waals surface area (Å²) in [6.45, 7) is 1.83. The molecule has 1 saturated carbocycles. The lowest BCUT2D eigenvalue weighted by molar-refractivity contribution is -0.0335. The van der Waals surface area contributed by atoms with Crippen molar-refractivity contribution < 1.29 is 9.84 Å². The highest BCUT2D eigenvalue weighted by molar-refractivity contribution is 5.94. The van der Waals surface area contributed by atoms with Crippen molar-refractivity contribution in [1.29, 1.82) is 0 Å². The number of aliphatic hydroxyl groups is 1. The van der Waals surface area contributed by atoms with Gasteiger partial charge in [-0.1, -0.05) is 12.1 Å². The average molecular weight is 469 g/mol. The Morgan fingerprint density at radius 2 is 1.97 bits per heavy atom. The van der Waals surface area contributed by atoms with Crippen LogP contribution in [0.25, 0.3) is 33.4 Å². The van der Waals surface area contributed by atoms with Gasteiger partial charge in [-0.25, -0.2) is 15.0 Å². The summed E-state index contributed by atoms with van der Waals surface area (Å²) in [4.78, 5) is 27.1. The minimum atomic E-state index is -0.689. The highest BCUT2D eigenvalue weighted by atomic mass is 16.5. The fraction of sp³-hybridized carbons (Fsp3) is 0.231. The van der Waals surface area contributed by atoms with Gasteiger partial charge in [-0.3, -0.25) is 13.8 Å². The number of fused-ring (bicyclic) bond motifs is 2. The van der Waals surface area contributed by atoms with Crippen LogP contribution in [0.5, 0.6) is 5.75 Å². The molecule has 1 aliphatic carbocycles. The van der Waals surface area contributed by atoms with Crippen molar-refractivity contribution >= 4 is 22.1 Å². The van der Waals surface area contributed by atoms with E-state index in [-0.39, 0.29) is 11.5 Å². The molecule has 4 aromatic heterocycles. The highest BCUT2D eigenvalue weighted by Crippen LogP contribution is 2.45. The molecule has 0 atom stereocenters. The molecule has 0 radical (unpaired) electrons. The van der Waals surface area contributed by atoms with Gasteiger partial charge in [0.15, 0.2) is 0 Å². The first-order valence-electron chi connectivity index (χ1n) is 11.4. The summed E-state index contributed by atoms with van der Waals surface area (Å²) in [7, 11) is 1.57. The maximum atomic E-state index is 13.5. The smallest absolute Gasteiger partial charge is 0.264 e. The van der Waals surface area contributed by atoms with Crippen LogP contribution < -0.4 is 16.0 Å². The van der Waals surface area contributed by atoms with Crippen LogP contribution >= 0.6 is 0 Å². The molecule has 3 N–H and O–H groups in total. The Labute approximate surface area is 200 Å². The lowest BCUT2D eigenvalue weighted by Gasteiger charge is -2.40. The second kappa shape index (κ2) is 7.64. The zero-order valence-electron chi connectivity index (χ0n) is 19.3. The molecule has 0 aliphatic heterocycles. The van der Waals surface area contributed by atoms with Crippen LogP contribution in [-0.4, -0.2) is 41.7 Å². The van der Waals surface area contributed by atoms with Gasteiger partial charge in [0.2, 0.25) is 0 Å². The molecule has 176 valence electrons. The molecule has 1 aromatic carbocycles. The predicted molar refractivity (Wildman–Crippen MR) is 133 cm³/mol. The number of hydrogen-bond acceptors (Lipinski definition) is 7. The SMILES string of the molecule is COc1cn(-c2ccccn2)c(=O)c2cc(-c3nc(C4CC(C)(O)C4)n4ccnc(N)c34)ccc12. The van der Waals surface area contributed by atoms with E-state index in [1.807, 2.05) is 41.8 Å². The van der Waals surface area contributed by atoms with Crippen LogP contribution in [0.2, 0.25) is 0 Å². The van der Waals surface area contributed by atoms with Crippen LogP contribution in [-0.2, 0) is 0 Å². The molecule has 0 spiro atoms. The van der Waals surface area contributed by atoms with Crippen molar-refractivity contribution in [3.05, 3.63) is 77.4 Å². The minimum absolute atomic E-state index is 0.106. The van der Waals surface area contributed by atoms with E-state index in [0.717, 1.165) is 11.4 Å². The number of ether oxygens (including phenoxy) is 1. The topological polar surface area (TPSA) is 121 Å². The second-order valence-electron chi connectivity index (χ2n) is 9.27. The van der Waals surface area contributed by atoms with E-state index in [1.54, 1.807) is 37.8 Å². The standard InChI is InChI=1S/C26H24N6O3/c1-26(34)12-16(13-26)24-30-21(22-23(27)29-9-10-31(22)24)15-6-7-17-18(11-15)25(33)32(14-19(17)35-2)20-5-3-4-8-28-20/h3-11,14,16,34H,12-13H2,1-2H3,(H2,27,29). The Hall–Kier alpha value is -4.24. The molecule has 9 nitrogen and oxygen atoms in total. The van der Waals surface area contributed by atoms with Crippen molar-refractivity contribution in [1.82, 2.24) is 23.9 Å². The van der Waals surface area contributed by atoms with Crippen LogP contribution in [0, 0.1) is 0 Å². The molecule has 0 bridgehead atoms. The van der Waals surface area contributed by atoms with E-state index in [1.165, 1.54) is 4.57 Å². The molecule has 5 aromatic rings. The molecule has 9 heteroatoms. The summed E-state index contributed by atoms with van der Waals surface area (Å²) in [6.07, 6.45) is 8.02. The van der Waals surface area contributed by atoms with Crippen molar-refractivity contribution in [2.24, 2.45) is 0 Å². The van der Waals surface area contributed by atoms with Gasteiger partial charge in [-0.2, -0.15) is 0 Å². The number of nitrogens with two attached hydrogens (primary N) is 1. The molecular formula is C26H24N6O3. The molecule has 0 saturated heterocycles. The Balaban J connectivity index is 1.58. The number of pyridine rings is 2. The Morgan fingerprint density at radius 1 is 1.14 bits per heavy atom. The third kappa shape index (κ3) is 3.35. The van der Waals surface area contributed by atoms with Gasteiger partial charge in [-0.15, -0.1) is 0 Å². The van der Waals surface area contributed by atoms with Gasteiger partial charge in [0.05, 0.1) is 24.3 Å². The molecule has 6 rings (SSSR count). The van der Waals surface area contributed by atoms with Crippen LogP contribution in [0.15, 0.2) is 66.0 Å². The fourth-order valence-corrected chi connectivity index (χ4v) is 5.05. The number of imidazole rings is 1. The summed E-state index contributed by atoms with van der Waals surface area (Å²) >= 11 is 0. The predicted octanol–water partition coefficient (Wildman–Crippen LogP) is 3.31. The van der Waals surface area contributed by atoms with Crippen LogP contribution in [0.3, 0.4) is 0 Å². The number of methoxy groups -OCH3 is 1. The maximum Gasteiger partial charge on any atom is 0.264 e. The Kier molecular flexibility index (Phi) is 4.65. The molecule has 1 aliphatic rings. The lowest BCUT2D eigenvalue weighted by Crippen LogP contribution is -2.40. The van der Waals surface area contributed by atoms with E-state index in [2.05, 4.69) is 9.97 Å². The molecule has 35 heavy (non-hydrogen) atoms. The molecular weight excluding hydrogens is 444 g/mol. The largest absolute Gasteiger partial charge is 0.495 e. The van der Waals surface area contributed by atoms with Gasteiger partial charge in [0, 0.05) is 35.5 Å². The molecule has 0 unspecified atom stereocenters. The van der Waals surface area contributed by atoms with E-state index in [4.69, 9.17) is 15.5 Å². The first kappa shape index (κ1) is 21.3. The first-order chi connectivity index (χ1) is 16.9. The zero-order valence-corrected chi connectivity index (χ0v) is 19.3. The highest BCUT2D eigenvalue weighted by Gasteiger charge is 2.41. The number of nitrogens with zero attached hydrogens (tertiary/aromatic N) is 5. The third-order valence-electron chi connectivity index (χ3n) is 6.72. The first-order valence-corrected chi connectivity index (χ1v) is 11.4. The third-order valence-corrected chi connectivity index (χ3v) is 6.72. The van der Waals surface area contributed by atoms with Crippen LogP contribution in [0.1, 0.15) is 31.5 Å². The summed E-state index contributed by atoms with van der Waals surface area (Å²) in [5, 5.41) is 11.5. The number of rotatable bonds is 4. The Morgan fingerprint density at radius 3 is 2.69 bits per heavy atom. The molecule has 1 fully saturated rings.